The minimum Gasteiger partial charge on any atom is -0.467 e. The van der Waals surface area contributed by atoms with Gasteiger partial charge in [-0.3, -0.25) is 0 Å². The number of aryl methyl sites for hydroxylation is 1. The van der Waals surface area contributed by atoms with Crippen LogP contribution in [0, 0.1) is 6.92 Å². The summed E-state index contributed by atoms with van der Waals surface area (Å²) in [6, 6.07) is 10.6. The molecule has 4 rings (SSSR count). The number of fused-ring (bicyclic) bond motifs is 1. The molecule has 0 radical (unpaired) electrons. The van der Waals surface area contributed by atoms with Gasteiger partial charge in [-0.2, -0.15) is 0 Å². The molecule has 1 aromatic carbocycles. The van der Waals surface area contributed by atoms with E-state index in [1.807, 2.05) is 6.07 Å². The number of benzene rings is 1. The van der Waals surface area contributed by atoms with E-state index in [2.05, 4.69) is 46.1 Å². The lowest BCUT2D eigenvalue weighted by atomic mass is 10.1. The number of hydrogen-bond donors (Lipinski definition) is 0. The maximum absolute atomic E-state index is 5.73. The molecule has 0 spiro atoms. The first-order valence-electron chi connectivity index (χ1n) is 8.35. The van der Waals surface area contributed by atoms with Crippen molar-refractivity contribution in [2.24, 2.45) is 0 Å². The monoisotopic (exact) mass is 307 g/mol. The van der Waals surface area contributed by atoms with Crippen LogP contribution in [-0.2, 0) is 0 Å². The fourth-order valence-corrected chi connectivity index (χ4v) is 3.59. The summed E-state index contributed by atoms with van der Waals surface area (Å²) < 4.78 is 5.73. The van der Waals surface area contributed by atoms with E-state index < -0.39 is 0 Å². The Hall–Kier alpha value is -2.36. The van der Waals surface area contributed by atoms with E-state index >= 15 is 0 Å². The van der Waals surface area contributed by atoms with Crippen molar-refractivity contribution in [1.82, 2.24) is 9.97 Å². The summed E-state index contributed by atoms with van der Waals surface area (Å²) in [5.41, 5.74) is 2.23. The Morgan fingerprint density at radius 2 is 2.04 bits per heavy atom. The van der Waals surface area contributed by atoms with Crippen molar-refractivity contribution < 1.29 is 4.42 Å². The largest absolute Gasteiger partial charge is 0.467 e. The Labute approximate surface area is 136 Å². The highest BCUT2D eigenvalue weighted by molar-refractivity contribution is 5.91. The van der Waals surface area contributed by atoms with Gasteiger partial charge in [0.25, 0.3) is 0 Å². The molecule has 1 saturated heterocycles. The van der Waals surface area contributed by atoms with Crippen LogP contribution >= 0.6 is 0 Å². The summed E-state index contributed by atoms with van der Waals surface area (Å²) >= 11 is 0. The van der Waals surface area contributed by atoms with Gasteiger partial charge >= 0.3 is 0 Å². The fraction of sp³-hybridized carbons (Fsp3) is 0.368. The quantitative estimate of drug-likeness (QED) is 0.691. The lowest BCUT2D eigenvalue weighted by Crippen LogP contribution is -2.29. The standard InChI is InChI=1S/C19H21N3O/c1-14-7-5-8-15-18(14)20-13-21-19(15)22-11-4-2-3-9-16(22)17-10-6-12-23-17/h5-8,10,12-13,16H,2-4,9,11H2,1H3/t16-/m0/s1. The van der Waals surface area contributed by atoms with E-state index in [4.69, 9.17) is 4.42 Å². The molecule has 23 heavy (non-hydrogen) atoms. The Morgan fingerprint density at radius 3 is 2.91 bits per heavy atom. The fourth-order valence-electron chi connectivity index (χ4n) is 3.59. The molecule has 118 valence electrons. The number of aromatic nitrogens is 2. The second-order valence-corrected chi connectivity index (χ2v) is 6.24. The van der Waals surface area contributed by atoms with Crippen LogP contribution in [0.1, 0.15) is 43.0 Å². The number of para-hydroxylation sites is 1. The third-order valence-electron chi connectivity index (χ3n) is 4.74. The van der Waals surface area contributed by atoms with Crippen LogP contribution in [-0.4, -0.2) is 16.5 Å². The van der Waals surface area contributed by atoms with Crippen molar-refractivity contribution >= 4 is 16.7 Å². The molecule has 1 aliphatic heterocycles. The van der Waals surface area contributed by atoms with E-state index in [-0.39, 0.29) is 6.04 Å². The van der Waals surface area contributed by atoms with Gasteiger partial charge in [-0.05, 0) is 43.5 Å². The highest BCUT2D eigenvalue weighted by Crippen LogP contribution is 2.36. The minimum atomic E-state index is 0.256. The molecule has 2 aromatic heterocycles. The Balaban J connectivity index is 1.85. The summed E-state index contributed by atoms with van der Waals surface area (Å²) in [6.45, 7) is 3.11. The first kappa shape index (κ1) is 14.2. The molecule has 0 saturated carbocycles. The number of furan rings is 1. The second kappa shape index (κ2) is 6.03. The van der Waals surface area contributed by atoms with Gasteiger partial charge in [0.15, 0.2) is 0 Å². The molecular weight excluding hydrogens is 286 g/mol. The molecule has 0 unspecified atom stereocenters. The van der Waals surface area contributed by atoms with Gasteiger partial charge in [-0.15, -0.1) is 0 Å². The van der Waals surface area contributed by atoms with Crippen LogP contribution in [0.15, 0.2) is 47.3 Å². The van der Waals surface area contributed by atoms with Crippen LogP contribution in [0.4, 0.5) is 5.82 Å². The average molecular weight is 307 g/mol. The molecule has 1 aliphatic rings. The summed E-state index contributed by atoms with van der Waals surface area (Å²) in [5.74, 6) is 2.06. The molecule has 0 N–H and O–H groups in total. The average Bonchev–Trinajstić information content (AvgIpc) is 3.00. The van der Waals surface area contributed by atoms with Crippen molar-refractivity contribution in [3.8, 4) is 0 Å². The molecule has 0 aliphatic carbocycles. The molecule has 0 bridgehead atoms. The molecule has 4 nitrogen and oxygen atoms in total. The highest BCUT2D eigenvalue weighted by atomic mass is 16.3. The smallest absolute Gasteiger partial charge is 0.140 e. The van der Waals surface area contributed by atoms with Gasteiger partial charge in [0.2, 0.25) is 0 Å². The van der Waals surface area contributed by atoms with Crippen LogP contribution in [0.25, 0.3) is 10.9 Å². The summed E-state index contributed by atoms with van der Waals surface area (Å²) in [6.07, 6.45) is 8.23. The topological polar surface area (TPSA) is 42.2 Å². The third kappa shape index (κ3) is 2.58. The van der Waals surface area contributed by atoms with Gasteiger partial charge in [0.1, 0.15) is 17.9 Å². The summed E-state index contributed by atoms with van der Waals surface area (Å²) in [5, 5.41) is 1.13. The van der Waals surface area contributed by atoms with Crippen molar-refractivity contribution in [1.29, 1.82) is 0 Å². The van der Waals surface area contributed by atoms with Crippen LogP contribution in [0.3, 0.4) is 0 Å². The predicted molar refractivity (Wildman–Crippen MR) is 91.5 cm³/mol. The number of nitrogens with zero attached hydrogens (tertiary/aromatic N) is 3. The summed E-state index contributed by atoms with van der Waals surface area (Å²) in [4.78, 5) is 11.5. The van der Waals surface area contributed by atoms with Gasteiger partial charge in [-0.25, -0.2) is 9.97 Å². The number of rotatable bonds is 2. The normalized spacial score (nSPS) is 19.0. The Bertz CT molecular complexity index is 797. The van der Waals surface area contributed by atoms with E-state index in [9.17, 15) is 0 Å². The van der Waals surface area contributed by atoms with Gasteiger partial charge in [0.05, 0.1) is 17.8 Å². The van der Waals surface area contributed by atoms with Crippen molar-refractivity contribution in [2.45, 2.75) is 38.6 Å². The molecule has 0 amide bonds. The lowest BCUT2D eigenvalue weighted by molar-refractivity contribution is 0.438. The maximum Gasteiger partial charge on any atom is 0.140 e. The van der Waals surface area contributed by atoms with Gasteiger partial charge in [0, 0.05) is 11.9 Å². The van der Waals surface area contributed by atoms with E-state index in [1.165, 1.54) is 24.8 Å². The molecule has 3 aromatic rings. The zero-order chi connectivity index (χ0) is 15.6. The van der Waals surface area contributed by atoms with Crippen molar-refractivity contribution in [3.63, 3.8) is 0 Å². The van der Waals surface area contributed by atoms with Crippen LogP contribution in [0.5, 0.6) is 0 Å². The molecular formula is C19H21N3O. The van der Waals surface area contributed by atoms with Gasteiger partial charge in [-0.1, -0.05) is 25.0 Å². The van der Waals surface area contributed by atoms with Crippen LogP contribution < -0.4 is 4.90 Å². The maximum atomic E-state index is 5.73. The molecule has 3 heterocycles. The third-order valence-corrected chi connectivity index (χ3v) is 4.74. The van der Waals surface area contributed by atoms with Crippen LogP contribution in [0.2, 0.25) is 0 Å². The van der Waals surface area contributed by atoms with E-state index in [0.29, 0.717) is 0 Å². The highest BCUT2D eigenvalue weighted by Gasteiger charge is 2.27. The molecule has 4 heteroatoms. The van der Waals surface area contributed by atoms with Gasteiger partial charge < -0.3 is 9.32 Å². The number of hydrogen-bond acceptors (Lipinski definition) is 4. The molecule has 1 fully saturated rings. The summed E-state index contributed by atoms with van der Waals surface area (Å²) in [7, 11) is 0. The zero-order valence-corrected chi connectivity index (χ0v) is 13.4. The van der Waals surface area contributed by atoms with Crippen molar-refractivity contribution in [3.05, 3.63) is 54.2 Å². The minimum absolute atomic E-state index is 0.256. The Kier molecular flexibility index (Phi) is 3.74. The number of anilines is 1. The SMILES string of the molecule is Cc1cccc2c(N3CCCCC[C@H]3c3ccco3)ncnc12. The van der Waals surface area contributed by atoms with Crippen molar-refractivity contribution in [2.75, 3.05) is 11.4 Å². The van der Waals surface area contributed by atoms with E-state index in [1.54, 1.807) is 12.6 Å². The lowest BCUT2D eigenvalue weighted by Gasteiger charge is -2.30. The Morgan fingerprint density at radius 1 is 1.09 bits per heavy atom. The zero-order valence-electron chi connectivity index (χ0n) is 13.4. The molecule has 1 atom stereocenters. The first-order valence-corrected chi connectivity index (χ1v) is 8.35. The second-order valence-electron chi connectivity index (χ2n) is 6.24. The van der Waals surface area contributed by atoms with E-state index in [0.717, 1.165) is 35.4 Å². The first-order chi connectivity index (χ1) is 11.3. The predicted octanol–water partition coefficient (Wildman–Crippen LogP) is 4.65.